The zero-order valence-electron chi connectivity index (χ0n) is 10.7. The van der Waals surface area contributed by atoms with Crippen LogP contribution in [0.4, 0.5) is 5.13 Å². The van der Waals surface area contributed by atoms with Gasteiger partial charge in [0.1, 0.15) is 5.82 Å². The number of nitrogens with one attached hydrogen (secondary N) is 1. The SMILES string of the molecule is Cc1c(Cl)cccc1S(=O)(=O)Nc1nc(CC(=O)[O-])ns1. The van der Waals surface area contributed by atoms with Gasteiger partial charge in [0.05, 0.1) is 4.90 Å². The van der Waals surface area contributed by atoms with Crippen molar-refractivity contribution >= 4 is 44.3 Å². The second-order valence-corrected chi connectivity index (χ2v) is 6.84. The maximum atomic E-state index is 12.2. The van der Waals surface area contributed by atoms with Crippen LogP contribution >= 0.6 is 23.1 Å². The molecule has 10 heteroatoms. The molecule has 0 spiro atoms. The first-order valence-corrected chi connectivity index (χ1v) is 8.23. The molecule has 0 aliphatic carbocycles. The molecule has 0 saturated heterocycles. The summed E-state index contributed by atoms with van der Waals surface area (Å²) in [6.07, 6.45) is -0.478. The monoisotopic (exact) mass is 346 g/mol. The number of sulfonamides is 1. The summed E-state index contributed by atoms with van der Waals surface area (Å²) in [5, 5.41) is 10.7. The number of carbonyl (C=O) groups excluding carboxylic acids is 1. The highest BCUT2D eigenvalue weighted by Gasteiger charge is 2.20. The molecule has 0 unspecified atom stereocenters. The summed E-state index contributed by atoms with van der Waals surface area (Å²) in [4.78, 5) is 14.2. The molecule has 7 nitrogen and oxygen atoms in total. The summed E-state index contributed by atoms with van der Waals surface area (Å²) in [7, 11) is -3.87. The van der Waals surface area contributed by atoms with Gasteiger partial charge in [-0.2, -0.15) is 4.37 Å². The van der Waals surface area contributed by atoms with Gasteiger partial charge in [-0.15, -0.1) is 0 Å². The van der Waals surface area contributed by atoms with E-state index in [0.717, 1.165) is 11.5 Å². The zero-order valence-corrected chi connectivity index (χ0v) is 13.0. The van der Waals surface area contributed by atoms with E-state index in [-0.39, 0.29) is 15.9 Å². The van der Waals surface area contributed by atoms with Crippen molar-refractivity contribution in [2.24, 2.45) is 0 Å². The van der Waals surface area contributed by atoms with Gasteiger partial charge >= 0.3 is 0 Å². The van der Waals surface area contributed by atoms with Crippen LogP contribution in [-0.4, -0.2) is 23.7 Å². The van der Waals surface area contributed by atoms with Crippen molar-refractivity contribution in [3.05, 3.63) is 34.6 Å². The average Bonchev–Trinajstić information content (AvgIpc) is 2.78. The third-order valence-corrected chi connectivity index (χ3v) is 5.19. The van der Waals surface area contributed by atoms with Crippen LogP contribution in [0.15, 0.2) is 23.1 Å². The van der Waals surface area contributed by atoms with Crippen LogP contribution in [-0.2, 0) is 21.2 Å². The molecule has 1 N–H and O–H groups in total. The van der Waals surface area contributed by atoms with Crippen molar-refractivity contribution in [3.63, 3.8) is 0 Å². The van der Waals surface area contributed by atoms with Gasteiger partial charge in [-0.05, 0) is 24.6 Å². The highest BCUT2D eigenvalue weighted by Crippen LogP contribution is 2.25. The van der Waals surface area contributed by atoms with Crippen molar-refractivity contribution in [2.75, 3.05) is 4.72 Å². The second-order valence-electron chi connectivity index (χ2n) is 4.03. The van der Waals surface area contributed by atoms with Gasteiger partial charge < -0.3 is 9.90 Å². The van der Waals surface area contributed by atoms with Gasteiger partial charge in [0.2, 0.25) is 5.13 Å². The largest absolute Gasteiger partial charge is 0.550 e. The van der Waals surface area contributed by atoms with Gasteiger partial charge in [-0.3, -0.25) is 4.72 Å². The zero-order chi connectivity index (χ0) is 15.6. The normalized spacial score (nSPS) is 11.3. The van der Waals surface area contributed by atoms with Crippen LogP contribution in [0.25, 0.3) is 0 Å². The minimum Gasteiger partial charge on any atom is -0.550 e. The minimum atomic E-state index is -3.87. The molecule has 0 radical (unpaired) electrons. The third-order valence-electron chi connectivity index (χ3n) is 2.50. The number of hydrogen-bond donors (Lipinski definition) is 1. The van der Waals surface area contributed by atoms with Gasteiger partial charge in [0, 0.05) is 28.9 Å². The number of rotatable bonds is 5. The van der Waals surface area contributed by atoms with E-state index < -0.39 is 22.4 Å². The van der Waals surface area contributed by atoms with Gasteiger partial charge in [-0.1, -0.05) is 17.7 Å². The molecule has 1 aromatic carbocycles. The molecule has 1 aromatic heterocycles. The fraction of sp³-hybridized carbons (Fsp3) is 0.182. The number of carboxylic acids is 1. The van der Waals surface area contributed by atoms with E-state index >= 15 is 0 Å². The number of carbonyl (C=O) groups is 1. The Morgan fingerprint density at radius 2 is 2.19 bits per heavy atom. The summed E-state index contributed by atoms with van der Waals surface area (Å²) < 4.78 is 30.5. The molecular formula is C11H9ClN3O4S2-. The summed E-state index contributed by atoms with van der Waals surface area (Å²) in [6.45, 7) is 1.58. The van der Waals surface area contributed by atoms with Gasteiger partial charge in [0.25, 0.3) is 10.0 Å². The summed E-state index contributed by atoms with van der Waals surface area (Å²) in [6, 6.07) is 4.51. The topological polar surface area (TPSA) is 112 Å². The molecule has 21 heavy (non-hydrogen) atoms. The molecule has 1 heterocycles. The first-order valence-electron chi connectivity index (χ1n) is 5.60. The van der Waals surface area contributed by atoms with E-state index in [1.807, 2.05) is 0 Å². The number of carboxylic acid groups (broad SMARTS) is 1. The predicted octanol–water partition coefficient (Wildman–Crippen LogP) is 0.593. The number of nitrogens with zero attached hydrogens (tertiary/aromatic N) is 2. The fourth-order valence-electron chi connectivity index (χ4n) is 1.55. The molecule has 0 fully saturated rings. The molecule has 0 aliphatic rings. The second kappa shape index (κ2) is 5.96. The van der Waals surface area contributed by atoms with Gasteiger partial charge in [-0.25, -0.2) is 13.4 Å². The molecule has 0 saturated carbocycles. The molecule has 0 amide bonds. The molecular weight excluding hydrogens is 338 g/mol. The van der Waals surface area contributed by atoms with E-state index in [9.17, 15) is 18.3 Å². The highest BCUT2D eigenvalue weighted by molar-refractivity contribution is 7.93. The van der Waals surface area contributed by atoms with Crippen LogP contribution in [0, 0.1) is 6.92 Å². The summed E-state index contributed by atoms with van der Waals surface area (Å²) in [5.41, 5.74) is 0.408. The molecule has 0 aliphatic heterocycles. The maximum Gasteiger partial charge on any atom is 0.264 e. The Kier molecular flexibility index (Phi) is 4.45. The minimum absolute atomic E-state index is 0.0134. The highest BCUT2D eigenvalue weighted by atomic mass is 35.5. The van der Waals surface area contributed by atoms with Crippen LogP contribution in [0.2, 0.25) is 5.02 Å². The lowest BCUT2D eigenvalue weighted by atomic mass is 10.2. The Hall–Kier alpha value is -1.71. The Morgan fingerprint density at radius 1 is 1.48 bits per heavy atom. The number of aromatic nitrogens is 2. The van der Waals surface area contributed by atoms with Crippen molar-refractivity contribution < 1.29 is 18.3 Å². The van der Waals surface area contributed by atoms with E-state index in [1.165, 1.54) is 12.1 Å². The first-order chi connectivity index (χ1) is 9.79. The standard InChI is InChI=1S/C11H10ClN3O4S2/c1-6-7(12)3-2-4-8(6)21(18,19)15-11-13-9(14-20-11)5-10(16)17/h2-4H,5H2,1H3,(H,16,17)(H,13,14,15)/p-1. The van der Waals surface area contributed by atoms with Crippen molar-refractivity contribution in [3.8, 4) is 0 Å². The molecule has 112 valence electrons. The number of hydrogen-bond acceptors (Lipinski definition) is 7. The maximum absolute atomic E-state index is 12.2. The predicted molar refractivity (Wildman–Crippen MR) is 75.6 cm³/mol. The molecule has 0 bridgehead atoms. The lowest BCUT2D eigenvalue weighted by Gasteiger charge is -2.08. The molecule has 0 atom stereocenters. The Labute approximate surface area is 129 Å². The quantitative estimate of drug-likeness (QED) is 0.848. The number of anilines is 1. The lowest BCUT2D eigenvalue weighted by molar-refractivity contribution is -0.304. The number of benzene rings is 1. The summed E-state index contributed by atoms with van der Waals surface area (Å²) in [5.74, 6) is -1.35. The van der Waals surface area contributed by atoms with Gasteiger partial charge in [0.15, 0.2) is 0 Å². The van der Waals surface area contributed by atoms with E-state index in [2.05, 4.69) is 14.1 Å². The molecule has 2 aromatic rings. The smallest absolute Gasteiger partial charge is 0.264 e. The van der Waals surface area contributed by atoms with Crippen LogP contribution < -0.4 is 9.83 Å². The van der Waals surface area contributed by atoms with E-state index in [0.29, 0.717) is 10.6 Å². The lowest BCUT2D eigenvalue weighted by Crippen LogP contribution is -2.24. The molecule has 2 rings (SSSR count). The van der Waals surface area contributed by atoms with Crippen LogP contribution in [0.1, 0.15) is 11.4 Å². The Morgan fingerprint density at radius 3 is 2.86 bits per heavy atom. The number of halogens is 1. The first kappa shape index (κ1) is 15.7. The fourth-order valence-corrected chi connectivity index (χ4v) is 3.85. The van der Waals surface area contributed by atoms with Crippen LogP contribution in [0.5, 0.6) is 0 Å². The third kappa shape index (κ3) is 3.69. The Bertz CT molecular complexity index is 789. The van der Waals surface area contributed by atoms with E-state index in [1.54, 1.807) is 13.0 Å². The van der Waals surface area contributed by atoms with Crippen LogP contribution in [0.3, 0.4) is 0 Å². The Balaban J connectivity index is 2.27. The van der Waals surface area contributed by atoms with E-state index in [4.69, 9.17) is 11.6 Å². The average molecular weight is 347 g/mol. The number of aliphatic carboxylic acids is 1. The van der Waals surface area contributed by atoms with Crippen molar-refractivity contribution in [1.29, 1.82) is 0 Å². The van der Waals surface area contributed by atoms with Crippen molar-refractivity contribution in [1.82, 2.24) is 9.36 Å². The summed E-state index contributed by atoms with van der Waals surface area (Å²) >= 11 is 6.64. The van der Waals surface area contributed by atoms with Crippen molar-refractivity contribution in [2.45, 2.75) is 18.2 Å².